The SMILES string of the molecule is COc1cc(/C=N/NC(=O)c2ccc3c(c2)OCO3)cc(I)c1OCc1ccc(Cl)cc1. The molecule has 1 heterocycles. The summed E-state index contributed by atoms with van der Waals surface area (Å²) in [6.07, 6.45) is 1.54. The third-order valence-electron chi connectivity index (χ3n) is 4.56. The Morgan fingerprint density at radius 1 is 1.16 bits per heavy atom. The molecule has 3 aromatic rings. The van der Waals surface area contributed by atoms with Crippen LogP contribution in [0.2, 0.25) is 5.02 Å². The summed E-state index contributed by atoms with van der Waals surface area (Å²) >= 11 is 8.10. The Kier molecular flexibility index (Phi) is 7.01. The summed E-state index contributed by atoms with van der Waals surface area (Å²) in [6.45, 7) is 0.529. The summed E-state index contributed by atoms with van der Waals surface area (Å²) in [6, 6.07) is 16.1. The summed E-state index contributed by atoms with van der Waals surface area (Å²) in [5, 5.41) is 4.73. The van der Waals surface area contributed by atoms with E-state index in [9.17, 15) is 4.79 Å². The van der Waals surface area contributed by atoms with Crippen LogP contribution in [0.5, 0.6) is 23.0 Å². The second-order valence-corrected chi connectivity index (χ2v) is 8.32. The number of fused-ring (bicyclic) bond motifs is 1. The highest BCUT2D eigenvalue weighted by molar-refractivity contribution is 14.1. The normalized spacial score (nSPS) is 12.1. The van der Waals surface area contributed by atoms with Crippen molar-refractivity contribution in [1.82, 2.24) is 5.43 Å². The number of ether oxygens (including phenoxy) is 4. The Hall–Kier alpha value is -2.98. The number of nitrogens with zero attached hydrogens (tertiary/aromatic N) is 1. The number of carbonyl (C=O) groups excluding carboxylic acids is 1. The van der Waals surface area contributed by atoms with Gasteiger partial charge in [0.25, 0.3) is 5.91 Å². The van der Waals surface area contributed by atoms with E-state index >= 15 is 0 Å². The number of hydrogen-bond acceptors (Lipinski definition) is 6. The first-order valence-corrected chi connectivity index (χ1v) is 11.0. The molecule has 0 saturated heterocycles. The Balaban J connectivity index is 1.42. The molecule has 164 valence electrons. The molecule has 1 amide bonds. The van der Waals surface area contributed by atoms with Gasteiger partial charge in [0.2, 0.25) is 6.79 Å². The maximum Gasteiger partial charge on any atom is 0.271 e. The fourth-order valence-corrected chi connectivity index (χ4v) is 3.87. The molecule has 1 N–H and O–H groups in total. The van der Waals surface area contributed by atoms with E-state index in [1.165, 1.54) is 0 Å². The molecule has 0 fully saturated rings. The van der Waals surface area contributed by atoms with E-state index < -0.39 is 0 Å². The lowest BCUT2D eigenvalue weighted by Gasteiger charge is -2.13. The van der Waals surface area contributed by atoms with Crippen molar-refractivity contribution in [2.45, 2.75) is 6.61 Å². The van der Waals surface area contributed by atoms with Gasteiger partial charge < -0.3 is 18.9 Å². The van der Waals surface area contributed by atoms with Crippen LogP contribution in [0.4, 0.5) is 0 Å². The summed E-state index contributed by atoms with van der Waals surface area (Å²) in [7, 11) is 1.57. The quantitative estimate of drug-likeness (QED) is 0.248. The molecular weight excluding hydrogens is 547 g/mol. The Morgan fingerprint density at radius 2 is 1.94 bits per heavy atom. The van der Waals surface area contributed by atoms with Crippen LogP contribution in [0.25, 0.3) is 0 Å². The zero-order valence-electron chi connectivity index (χ0n) is 16.9. The van der Waals surface area contributed by atoms with Crippen molar-refractivity contribution in [2.24, 2.45) is 5.10 Å². The minimum absolute atomic E-state index is 0.151. The summed E-state index contributed by atoms with van der Waals surface area (Å²) in [4.78, 5) is 12.3. The van der Waals surface area contributed by atoms with E-state index in [1.54, 1.807) is 37.6 Å². The lowest BCUT2D eigenvalue weighted by molar-refractivity contribution is 0.0954. The molecule has 0 unspecified atom stereocenters. The first-order chi connectivity index (χ1) is 15.5. The van der Waals surface area contributed by atoms with Crippen molar-refractivity contribution in [3.8, 4) is 23.0 Å². The van der Waals surface area contributed by atoms with Crippen molar-refractivity contribution in [2.75, 3.05) is 13.9 Å². The van der Waals surface area contributed by atoms with E-state index in [0.29, 0.717) is 40.2 Å². The first-order valence-electron chi connectivity index (χ1n) is 9.51. The van der Waals surface area contributed by atoms with Crippen LogP contribution in [-0.2, 0) is 6.61 Å². The van der Waals surface area contributed by atoms with Gasteiger partial charge in [0.15, 0.2) is 23.0 Å². The molecule has 0 aromatic heterocycles. The van der Waals surface area contributed by atoms with Crippen molar-refractivity contribution < 1.29 is 23.7 Å². The van der Waals surface area contributed by atoms with E-state index in [4.69, 9.17) is 30.5 Å². The minimum Gasteiger partial charge on any atom is -0.493 e. The summed E-state index contributed by atoms with van der Waals surface area (Å²) < 4.78 is 22.8. The molecule has 32 heavy (non-hydrogen) atoms. The van der Waals surface area contributed by atoms with Crippen molar-refractivity contribution in [3.05, 3.63) is 79.9 Å². The maximum atomic E-state index is 12.3. The fraction of sp³-hybridized carbons (Fsp3) is 0.130. The minimum atomic E-state index is -0.357. The average molecular weight is 565 g/mol. The van der Waals surface area contributed by atoms with Crippen molar-refractivity contribution >= 4 is 46.3 Å². The van der Waals surface area contributed by atoms with Crippen molar-refractivity contribution in [1.29, 1.82) is 0 Å². The molecule has 0 aliphatic carbocycles. The van der Waals surface area contributed by atoms with Gasteiger partial charge in [-0.25, -0.2) is 5.43 Å². The molecule has 0 spiro atoms. The molecule has 0 saturated carbocycles. The van der Waals surface area contributed by atoms with Gasteiger partial charge in [0.05, 0.1) is 16.9 Å². The van der Waals surface area contributed by atoms with E-state index in [0.717, 1.165) is 14.7 Å². The largest absolute Gasteiger partial charge is 0.493 e. The Labute approximate surface area is 203 Å². The van der Waals surface area contributed by atoms with E-state index in [-0.39, 0.29) is 12.7 Å². The second kappa shape index (κ2) is 10.1. The van der Waals surface area contributed by atoms with Gasteiger partial charge in [-0.3, -0.25) is 4.79 Å². The van der Waals surface area contributed by atoms with Gasteiger partial charge in [0.1, 0.15) is 6.61 Å². The average Bonchev–Trinajstić information content (AvgIpc) is 3.27. The molecule has 3 aromatic carbocycles. The Bertz CT molecular complexity index is 1170. The van der Waals surface area contributed by atoms with Gasteiger partial charge >= 0.3 is 0 Å². The zero-order chi connectivity index (χ0) is 22.5. The van der Waals surface area contributed by atoms with Crippen LogP contribution in [0.1, 0.15) is 21.5 Å². The van der Waals surface area contributed by atoms with Crippen LogP contribution < -0.4 is 24.4 Å². The maximum absolute atomic E-state index is 12.3. The number of methoxy groups -OCH3 is 1. The van der Waals surface area contributed by atoms with Gasteiger partial charge in [-0.15, -0.1) is 0 Å². The highest BCUT2D eigenvalue weighted by atomic mass is 127. The van der Waals surface area contributed by atoms with Crippen LogP contribution in [0.15, 0.2) is 59.7 Å². The smallest absolute Gasteiger partial charge is 0.271 e. The standard InChI is InChI=1S/C23H18ClIN2O5/c1-29-21-9-15(8-18(25)22(21)30-12-14-2-5-17(24)6-3-14)11-26-27-23(28)16-4-7-19-20(10-16)32-13-31-19/h2-11H,12-13H2,1H3,(H,27,28)/b26-11+. The highest BCUT2D eigenvalue weighted by Gasteiger charge is 2.16. The van der Waals surface area contributed by atoms with Gasteiger partial charge in [0, 0.05) is 10.6 Å². The van der Waals surface area contributed by atoms with E-state index in [2.05, 4.69) is 33.1 Å². The molecule has 0 radical (unpaired) electrons. The van der Waals surface area contributed by atoms with Gasteiger partial charge in [-0.1, -0.05) is 23.7 Å². The third-order valence-corrected chi connectivity index (χ3v) is 5.62. The number of benzene rings is 3. The van der Waals surface area contributed by atoms with Gasteiger partial charge in [-0.05, 0) is 76.2 Å². The number of nitrogens with one attached hydrogen (secondary N) is 1. The number of hydrogen-bond donors (Lipinski definition) is 1. The van der Waals surface area contributed by atoms with Crippen LogP contribution in [0, 0.1) is 3.57 Å². The molecule has 0 bridgehead atoms. The molecule has 4 rings (SSSR count). The summed E-state index contributed by atoms with van der Waals surface area (Å²) in [5.41, 5.74) is 4.67. The van der Waals surface area contributed by atoms with Crippen LogP contribution >= 0.6 is 34.2 Å². The molecule has 1 aliphatic heterocycles. The van der Waals surface area contributed by atoms with Crippen molar-refractivity contribution in [3.63, 3.8) is 0 Å². The number of rotatable bonds is 7. The zero-order valence-corrected chi connectivity index (χ0v) is 19.8. The monoisotopic (exact) mass is 564 g/mol. The predicted molar refractivity (Wildman–Crippen MR) is 129 cm³/mol. The number of halogens is 2. The number of amides is 1. The van der Waals surface area contributed by atoms with Gasteiger partial charge in [-0.2, -0.15) is 5.10 Å². The number of carbonyl (C=O) groups is 1. The predicted octanol–water partition coefficient (Wildman–Crippen LogP) is 5.02. The second-order valence-electron chi connectivity index (χ2n) is 6.72. The number of hydrazone groups is 1. The lowest BCUT2D eigenvalue weighted by Crippen LogP contribution is -2.17. The molecule has 1 aliphatic rings. The summed E-state index contributed by atoms with van der Waals surface area (Å²) in [5.74, 6) is 1.99. The van der Waals surface area contributed by atoms with Crippen LogP contribution in [0.3, 0.4) is 0 Å². The third kappa shape index (κ3) is 5.25. The Morgan fingerprint density at radius 3 is 2.72 bits per heavy atom. The molecule has 9 heteroatoms. The lowest BCUT2D eigenvalue weighted by atomic mass is 10.2. The molecular formula is C23H18ClIN2O5. The first kappa shape index (κ1) is 22.2. The van der Waals surface area contributed by atoms with Crippen LogP contribution in [-0.4, -0.2) is 26.0 Å². The molecule has 7 nitrogen and oxygen atoms in total. The fourth-order valence-electron chi connectivity index (χ4n) is 2.96. The highest BCUT2D eigenvalue weighted by Crippen LogP contribution is 2.34. The van der Waals surface area contributed by atoms with E-state index in [1.807, 2.05) is 30.3 Å². The topological polar surface area (TPSA) is 78.4 Å². The molecule has 0 atom stereocenters.